The zero-order valence-corrected chi connectivity index (χ0v) is 12.5. The molecule has 0 saturated heterocycles. The van der Waals surface area contributed by atoms with Gasteiger partial charge in [-0.25, -0.2) is 8.42 Å². The molecule has 0 bridgehead atoms. The first-order valence-electron chi connectivity index (χ1n) is 5.72. The second kappa shape index (κ2) is 5.16. The Labute approximate surface area is 125 Å². The number of hydrogen-bond donors (Lipinski definition) is 1. The van der Waals surface area contributed by atoms with Crippen LogP contribution in [0.15, 0.2) is 33.9 Å². The summed E-state index contributed by atoms with van der Waals surface area (Å²) in [5.41, 5.74) is 0.268. The predicted molar refractivity (Wildman–Crippen MR) is 77.6 cm³/mol. The SMILES string of the molecule is O=S(=O)(Nc1cc2c(cc1Cl)OCCO2)c1cccs1. The summed E-state index contributed by atoms with van der Waals surface area (Å²) in [6, 6.07) is 6.27. The van der Waals surface area contributed by atoms with Crippen LogP contribution in [-0.2, 0) is 10.0 Å². The largest absolute Gasteiger partial charge is 0.486 e. The third kappa shape index (κ3) is 2.56. The summed E-state index contributed by atoms with van der Waals surface area (Å²) in [5, 5.41) is 1.95. The van der Waals surface area contributed by atoms with E-state index in [1.807, 2.05) is 0 Å². The van der Waals surface area contributed by atoms with Crippen LogP contribution in [0.2, 0.25) is 5.02 Å². The molecule has 1 aliphatic rings. The highest BCUT2D eigenvalue weighted by Gasteiger charge is 2.20. The fourth-order valence-corrected chi connectivity index (χ4v) is 4.07. The van der Waals surface area contributed by atoms with Gasteiger partial charge in [0, 0.05) is 12.1 Å². The monoisotopic (exact) mass is 331 g/mol. The van der Waals surface area contributed by atoms with Crippen molar-refractivity contribution in [1.82, 2.24) is 0 Å². The van der Waals surface area contributed by atoms with Gasteiger partial charge in [-0.3, -0.25) is 4.72 Å². The Morgan fingerprint density at radius 1 is 1.20 bits per heavy atom. The molecule has 0 radical (unpaired) electrons. The van der Waals surface area contributed by atoms with Crippen molar-refractivity contribution in [3.8, 4) is 11.5 Å². The van der Waals surface area contributed by atoms with Crippen molar-refractivity contribution in [2.75, 3.05) is 17.9 Å². The summed E-state index contributed by atoms with van der Waals surface area (Å²) in [6.07, 6.45) is 0. The first-order valence-corrected chi connectivity index (χ1v) is 8.46. The van der Waals surface area contributed by atoms with Gasteiger partial charge in [0.1, 0.15) is 17.4 Å². The molecule has 1 aromatic heterocycles. The highest BCUT2D eigenvalue weighted by atomic mass is 35.5. The number of rotatable bonds is 3. The van der Waals surface area contributed by atoms with E-state index in [0.29, 0.717) is 24.7 Å². The minimum atomic E-state index is -3.63. The van der Waals surface area contributed by atoms with E-state index >= 15 is 0 Å². The summed E-state index contributed by atoms with van der Waals surface area (Å²) in [4.78, 5) is 0. The number of benzene rings is 1. The maximum atomic E-state index is 12.2. The molecule has 0 atom stereocenters. The van der Waals surface area contributed by atoms with Crippen LogP contribution in [-0.4, -0.2) is 21.6 Å². The van der Waals surface area contributed by atoms with Gasteiger partial charge in [0.05, 0.1) is 10.7 Å². The summed E-state index contributed by atoms with van der Waals surface area (Å²) in [6.45, 7) is 0.870. The fourth-order valence-electron chi connectivity index (χ4n) is 1.75. The molecule has 0 unspecified atom stereocenters. The van der Waals surface area contributed by atoms with Gasteiger partial charge in [-0.05, 0) is 11.4 Å². The quantitative estimate of drug-likeness (QED) is 0.939. The Kier molecular flexibility index (Phi) is 3.49. The smallest absolute Gasteiger partial charge is 0.271 e. The molecule has 106 valence electrons. The lowest BCUT2D eigenvalue weighted by Gasteiger charge is -2.20. The van der Waals surface area contributed by atoms with Crippen molar-refractivity contribution in [3.05, 3.63) is 34.7 Å². The topological polar surface area (TPSA) is 64.6 Å². The van der Waals surface area contributed by atoms with Crippen molar-refractivity contribution < 1.29 is 17.9 Å². The third-order valence-corrected chi connectivity index (χ3v) is 5.71. The number of anilines is 1. The molecule has 2 heterocycles. The van der Waals surface area contributed by atoms with E-state index in [1.165, 1.54) is 12.1 Å². The Morgan fingerprint density at radius 3 is 2.55 bits per heavy atom. The van der Waals surface area contributed by atoms with Gasteiger partial charge in [-0.2, -0.15) is 0 Å². The normalized spacial score (nSPS) is 14.1. The second-order valence-electron chi connectivity index (χ2n) is 4.01. The second-order valence-corrected chi connectivity index (χ2v) is 7.28. The van der Waals surface area contributed by atoms with E-state index in [2.05, 4.69) is 4.72 Å². The van der Waals surface area contributed by atoms with Gasteiger partial charge < -0.3 is 9.47 Å². The molecule has 1 aromatic carbocycles. The third-order valence-electron chi connectivity index (χ3n) is 2.64. The van der Waals surface area contributed by atoms with E-state index in [1.54, 1.807) is 17.5 Å². The highest BCUT2D eigenvalue weighted by Crippen LogP contribution is 2.38. The Morgan fingerprint density at radius 2 is 1.90 bits per heavy atom. The lowest BCUT2D eigenvalue weighted by molar-refractivity contribution is 0.171. The molecule has 5 nitrogen and oxygen atoms in total. The molecule has 8 heteroatoms. The Bertz CT molecular complexity index is 728. The van der Waals surface area contributed by atoms with Crippen molar-refractivity contribution in [2.24, 2.45) is 0 Å². The van der Waals surface area contributed by atoms with Crippen LogP contribution in [0.3, 0.4) is 0 Å². The first-order chi connectivity index (χ1) is 9.56. The van der Waals surface area contributed by atoms with Crippen LogP contribution < -0.4 is 14.2 Å². The summed E-state index contributed by atoms with van der Waals surface area (Å²) in [5.74, 6) is 0.991. The van der Waals surface area contributed by atoms with Gasteiger partial charge in [0.15, 0.2) is 11.5 Å². The predicted octanol–water partition coefficient (Wildman–Crippen LogP) is 2.97. The number of hydrogen-bond acceptors (Lipinski definition) is 5. The van der Waals surface area contributed by atoms with Crippen LogP contribution in [0, 0.1) is 0 Å². The van der Waals surface area contributed by atoms with E-state index in [9.17, 15) is 8.42 Å². The van der Waals surface area contributed by atoms with Gasteiger partial charge in [-0.1, -0.05) is 17.7 Å². The van der Waals surface area contributed by atoms with Gasteiger partial charge in [-0.15, -0.1) is 11.3 Å². The zero-order chi connectivity index (χ0) is 14.2. The molecule has 0 amide bonds. The van der Waals surface area contributed by atoms with Crippen LogP contribution in [0.1, 0.15) is 0 Å². The van der Waals surface area contributed by atoms with Crippen LogP contribution >= 0.6 is 22.9 Å². The van der Waals surface area contributed by atoms with Crippen LogP contribution in [0.5, 0.6) is 11.5 Å². The summed E-state index contributed by atoms with van der Waals surface area (Å²) in [7, 11) is -3.63. The Balaban J connectivity index is 1.95. The van der Waals surface area contributed by atoms with E-state index in [4.69, 9.17) is 21.1 Å². The molecule has 0 saturated carbocycles. The highest BCUT2D eigenvalue weighted by molar-refractivity contribution is 7.94. The minimum absolute atomic E-state index is 0.225. The average molecular weight is 332 g/mol. The van der Waals surface area contributed by atoms with Crippen molar-refractivity contribution in [2.45, 2.75) is 4.21 Å². The molecular weight excluding hydrogens is 322 g/mol. The molecule has 0 aliphatic carbocycles. The van der Waals surface area contributed by atoms with E-state index in [-0.39, 0.29) is 14.9 Å². The standard InChI is InChI=1S/C12H10ClNO4S2/c13-8-6-10-11(18-4-3-17-10)7-9(8)14-20(15,16)12-2-1-5-19-12/h1-2,5-7,14H,3-4H2. The molecule has 2 aromatic rings. The molecule has 3 rings (SSSR count). The van der Waals surface area contributed by atoms with Crippen molar-refractivity contribution >= 4 is 38.6 Å². The number of fused-ring (bicyclic) bond motifs is 1. The molecular formula is C12H10ClNO4S2. The van der Waals surface area contributed by atoms with Crippen molar-refractivity contribution in [3.63, 3.8) is 0 Å². The van der Waals surface area contributed by atoms with E-state index < -0.39 is 10.0 Å². The first kappa shape index (κ1) is 13.5. The van der Waals surface area contributed by atoms with Crippen LogP contribution in [0.4, 0.5) is 5.69 Å². The lowest BCUT2D eigenvalue weighted by Crippen LogP contribution is -2.16. The Hall–Kier alpha value is -1.44. The molecule has 0 fully saturated rings. The van der Waals surface area contributed by atoms with Gasteiger partial charge in [0.2, 0.25) is 0 Å². The van der Waals surface area contributed by atoms with Crippen LogP contribution in [0.25, 0.3) is 0 Å². The summed E-state index contributed by atoms with van der Waals surface area (Å²) >= 11 is 7.20. The average Bonchev–Trinajstić information content (AvgIpc) is 2.94. The number of thiophene rings is 1. The van der Waals surface area contributed by atoms with Gasteiger partial charge in [0.25, 0.3) is 10.0 Å². The number of sulfonamides is 1. The maximum absolute atomic E-state index is 12.2. The van der Waals surface area contributed by atoms with E-state index in [0.717, 1.165) is 11.3 Å². The van der Waals surface area contributed by atoms with Crippen molar-refractivity contribution in [1.29, 1.82) is 0 Å². The maximum Gasteiger partial charge on any atom is 0.271 e. The molecule has 1 aliphatic heterocycles. The minimum Gasteiger partial charge on any atom is -0.486 e. The number of halogens is 1. The molecule has 20 heavy (non-hydrogen) atoms. The molecule has 1 N–H and O–H groups in total. The summed E-state index contributed by atoms with van der Waals surface area (Å²) < 4.78 is 37.8. The zero-order valence-electron chi connectivity index (χ0n) is 10.1. The lowest BCUT2D eigenvalue weighted by atomic mass is 10.2. The fraction of sp³-hybridized carbons (Fsp3) is 0.167. The van der Waals surface area contributed by atoms with Gasteiger partial charge >= 0.3 is 0 Å². The number of ether oxygens (including phenoxy) is 2. The number of nitrogens with one attached hydrogen (secondary N) is 1. The molecule has 0 spiro atoms.